The van der Waals surface area contributed by atoms with E-state index in [0.717, 1.165) is 5.75 Å². The summed E-state index contributed by atoms with van der Waals surface area (Å²) in [6.07, 6.45) is 1.99. The van der Waals surface area contributed by atoms with Crippen LogP contribution >= 0.6 is 21.6 Å². The molecule has 0 heterocycles. The summed E-state index contributed by atoms with van der Waals surface area (Å²) < 4.78 is 0. The Morgan fingerprint density at radius 1 is 1.78 bits per heavy atom. The van der Waals surface area contributed by atoms with Crippen LogP contribution in [0.5, 0.6) is 0 Å². The maximum atomic E-state index is 10.1. The van der Waals surface area contributed by atoms with Crippen molar-refractivity contribution in [2.75, 3.05) is 18.6 Å². The van der Waals surface area contributed by atoms with Crippen LogP contribution in [0.3, 0.4) is 0 Å². The molecule has 5 heteroatoms. The minimum atomic E-state index is -0.447. The zero-order valence-electron chi connectivity index (χ0n) is 5.22. The molecule has 3 nitrogen and oxygen atoms in total. The normalized spacial score (nSPS) is 9.00. The average Bonchev–Trinajstić information content (AvgIpc) is 1.80. The van der Waals surface area contributed by atoms with Crippen molar-refractivity contribution in [3.63, 3.8) is 0 Å². The van der Waals surface area contributed by atoms with Gasteiger partial charge in [0, 0.05) is 12.3 Å². The molecule has 0 bridgehead atoms. The molecule has 0 aliphatic heterocycles. The van der Waals surface area contributed by atoms with Gasteiger partial charge in [0.25, 0.3) is 0 Å². The van der Waals surface area contributed by atoms with Crippen LogP contribution in [0.2, 0.25) is 0 Å². The highest BCUT2D eigenvalue weighted by Gasteiger charge is 1.88. The Balaban J connectivity index is 2.83. The summed E-state index contributed by atoms with van der Waals surface area (Å²) in [5.74, 6) is 0.907. The van der Waals surface area contributed by atoms with Crippen LogP contribution in [0, 0.1) is 0 Å². The van der Waals surface area contributed by atoms with Crippen molar-refractivity contribution in [2.24, 2.45) is 5.73 Å². The number of nitrogens with one attached hydrogen (secondary N) is 1. The van der Waals surface area contributed by atoms with Crippen molar-refractivity contribution in [1.82, 2.24) is 5.32 Å². The Hall–Kier alpha value is -0.0300. The third-order valence-electron chi connectivity index (χ3n) is 0.602. The van der Waals surface area contributed by atoms with Gasteiger partial charge < -0.3 is 11.1 Å². The first-order valence-electron chi connectivity index (χ1n) is 2.46. The van der Waals surface area contributed by atoms with E-state index in [2.05, 4.69) is 5.32 Å². The predicted molar refractivity (Wildman–Crippen MR) is 43.6 cm³/mol. The van der Waals surface area contributed by atoms with E-state index in [4.69, 9.17) is 5.73 Å². The lowest BCUT2D eigenvalue weighted by Crippen LogP contribution is -2.30. The molecule has 54 valence electrons. The molecule has 0 saturated carbocycles. The number of amides is 2. The Morgan fingerprint density at radius 2 is 2.44 bits per heavy atom. The SMILES string of the molecule is CSSCCNC(N)=O. The maximum absolute atomic E-state index is 10.1. The first-order chi connectivity index (χ1) is 4.27. The summed E-state index contributed by atoms with van der Waals surface area (Å²) in [5.41, 5.74) is 4.81. The molecular weight excluding hydrogens is 156 g/mol. The summed E-state index contributed by atoms with van der Waals surface area (Å²) in [5, 5.41) is 2.48. The Morgan fingerprint density at radius 3 is 2.89 bits per heavy atom. The highest BCUT2D eigenvalue weighted by Crippen LogP contribution is 2.14. The molecule has 0 radical (unpaired) electrons. The van der Waals surface area contributed by atoms with E-state index in [1.165, 1.54) is 0 Å². The summed E-state index contributed by atoms with van der Waals surface area (Å²) >= 11 is 0. The number of hydrogen-bond donors (Lipinski definition) is 2. The standard InChI is InChI=1S/C4H10N2OS2/c1-8-9-3-2-6-4(5)7/h2-3H2,1H3,(H3,5,6,7). The molecule has 0 spiro atoms. The Labute approximate surface area is 62.5 Å². The van der Waals surface area contributed by atoms with E-state index >= 15 is 0 Å². The smallest absolute Gasteiger partial charge is 0.312 e. The third-order valence-corrected chi connectivity index (χ3v) is 2.42. The molecule has 3 N–H and O–H groups in total. The second-order valence-corrected chi connectivity index (χ2v) is 3.96. The number of hydrogen-bond acceptors (Lipinski definition) is 3. The van der Waals surface area contributed by atoms with Crippen molar-refractivity contribution < 1.29 is 4.79 Å². The van der Waals surface area contributed by atoms with Crippen LogP contribution in [0.15, 0.2) is 0 Å². The van der Waals surface area contributed by atoms with Crippen LogP contribution in [-0.2, 0) is 0 Å². The van der Waals surface area contributed by atoms with E-state index in [-0.39, 0.29) is 0 Å². The number of urea groups is 1. The van der Waals surface area contributed by atoms with Crippen molar-refractivity contribution in [3.8, 4) is 0 Å². The molecule has 0 aromatic heterocycles. The predicted octanol–water partition coefficient (Wildman–Crippen LogP) is 0.666. The second kappa shape index (κ2) is 6.10. The Kier molecular flexibility index (Phi) is 6.08. The molecule has 0 aromatic rings. The van der Waals surface area contributed by atoms with Gasteiger partial charge in [0.05, 0.1) is 0 Å². The zero-order valence-corrected chi connectivity index (χ0v) is 6.85. The lowest BCUT2D eigenvalue weighted by atomic mass is 10.7. The average molecular weight is 166 g/mol. The number of carbonyl (C=O) groups excluding carboxylic acids is 1. The molecule has 0 aromatic carbocycles. The fourth-order valence-electron chi connectivity index (χ4n) is 0.299. The number of rotatable bonds is 4. The third kappa shape index (κ3) is 7.97. The van der Waals surface area contributed by atoms with Crippen LogP contribution in [0.25, 0.3) is 0 Å². The number of primary amides is 1. The molecule has 0 saturated heterocycles. The van der Waals surface area contributed by atoms with Gasteiger partial charge >= 0.3 is 6.03 Å². The molecule has 2 amide bonds. The summed E-state index contributed by atoms with van der Waals surface area (Å²) in [7, 11) is 3.37. The molecule has 9 heavy (non-hydrogen) atoms. The van der Waals surface area contributed by atoms with Crippen molar-refractivity contribution in [3.05, 3.63) is 0 Å². The lowest BCUT2D eigenvalue weighted by molar-refractivity contribution is 0.249. The van der Waals surface area contributed by atoms with Gasteiger partial charge in [-0.15, -0.1) is 0 Å². The minimum Gasteiger partial charge on any atom is -0.352 e. The molecule has 0 unspecified atom stereocenters. The summed E-state index contributed by atoms with van der Waals surface area (Å²) in [4.78, 5) is 10.1. The molecule has 0 rings (SSSR count). The van der Waals surface area contributed by atoms with E-state index in [0.29, 0.717) is 6.54 Å². The van der Waals surface area contributed by atoms with Gasteiger partial charge in [-0.2, -0.15) is 0 Å². The Bertz CT molecular complexity index is 88.6. The lowest BCUT2D eigenvalue weighted by Gasteiger charge is -1.97. The molecule has 0 aliphatic rings. The topological polar surface area (TPSA) is 55.1 Å². The summed E-state index contributed by atoms with van der Waals surface area (Å²) in [6, 6.07) is -0.447. The van der Waals surface area contributed by atoms with Crippen molar-refractivity contribution in [2.45, 2.75) is 0 Å². The van der Waals surface area contributed by atoms with E-state index in [1.54, 1.807) is 21.6 Å². The van der Waals surface area contributed by atoms with E-state index in [1.807, 2.05) is 6.26 Å². The van der Waals surface area contributed by atoms with Crippen LogP contribution in [-0.4, -0.2) is 24.6 Å². The molecule has 0 aliphatic carbocycles. The molecular formula is C4H10N2OS2. The second-order valence-electron chi connectivity index (χ2n) is 1.28. The van der Waals surface area contributed by atoms with Gasteiger partial charge in [-0.05, 0) is 6.26 Å². The van der Waals surface area contributed by atoms with Gasteiger partial charge in [0.15, 0.2) is 0 Å². The fraction of sp³-hybridized carbons (Fsp3) is 0.750. The highest BCUT2D eigenvalue weighted by atomic mass is 33.1. The number of nitrogens with two attached hydrogens (primary N) is 1. The van der Waals surface area contributed by atoms with E-state index < -0.39 is 6.03 Å². The first kappa shape index (κ1) is 8.97. The van der Waals surface area contributed by atoms with Crippen LogP contribution in [0.4, 0.5) is 4.79 Å². The van der Waals surface area contributed by atoms with Crippen LogP contribution < -0.4 is 11.1 Å². The minimum absolute atomic E-state index is 0.447. The molecule has 0 fully saturated rings. The summed E-state index contributed by atoms with van der Waals surface area (Å²) in [6.45, 7) is 0.654. The largest absolute Gasteiger partial charge is 0.352 e. The first-order valence-corrected chi connectivity index (χ1v) is 5.19. The van der Waals surface area contributed by atoms with Gasteiger partial charge in [0.1, 0.15) is 0 Å². The zero-order chi connectivity index (χ0) is 7.11. The van der Waals surface area contributed by atoms with Gasteiger partial charge in [-0.3, -0.25) is 0 Å². The maximum Gasteiger partial charge on any atom is 0.312 e. The fourth-order valence-corrected chi connectivity index (χ4v) is 1.40. The van der Waals surface area contributed by atoms with Crippen molar-refractivity contribution in [1.29, 1.82) is 0 Å². The van der Waals surface area contributed by atoms with Crippen molar-refractivity contribution >= 4 is 27.6 Å². The molecule has 0 atom stereocenters. The van der Waals surface area contributed by atoms with Gasteiger partial charge in [0.2, 0.25) is 0 Å². The van der Waals surface area contributed by atoms with Gasteiger partial charge in [-0.1, -0.05) is 21.6 Å². The number of carbonyl (C=O) groups is 1. The quantitative estimate of drug-likeness (QED) is 0.476. The van der Waals surface area contributed by atoms with Crippen LogP contribution in [0.1, 0.15) is 0 Å². The van der Waals surface area contributed by atoms with Gasteiger partial charge in [-0.25, -0.2) is 4.79 Å². The van der Waals surface area contributed by atoms with E-state index in [9.17, 15) is 4.79 Å². The highest BCUT2D eigenvalue weighted by molar-refractivity contribution is 8.76. The monoisotopic (exact) mass is 166 g/mol.